The van der Waals surface area contributed by atoms with Crippen molar-refractivity contribution in [1.29, 1.82) is 0 Å². The molecule has 1 aliphatic rings. The number of imidazole rings is 1. The highest BCUT2D eigenvalue weighted by Crippen LogP contribution is 2.24. The second-order valence-corrected chi connectivity index (χ2v) is 10.2. The summed E-state index contributed by atoms with van der Waals surface area (Å²) in [6.07, 6.45) is 1.97. The Morgan fingerprint density at radius 1 is 1.32 bits per heavy atom. The van der Waals surface area contributed by atoms with Crippen LogP contribution in [0.1, 0.15) is 32.5 Å². The van der Waals surface area contributed by atoms with Crippen molar-refractivity contribution in [3.05, 3.63) is 34.5 Å². The summed E-state index contributed by atoms with van der Waals surface area (Å²) in [5.74, 6) is 1.14. The molecule has 4 rings (SSSR count). The molecule has 1 saturated heterocycles. The first kappa shape index (κ1) is 22.1. The van der Waals surface area contributed by atoms with Crippen molar-refractivity contribution in [2.24, 2.45) is 0 Å². The zero-order valence-corrected chi connectivity index (χ0v) is 19.1. The van der Waals surface area contributed by atoms with Gasteiger partial charge in [0.15, 0.2) is 5.16 Å². The van der Waals surface area contributed by atoms with Crippen molar-refractivity contribution >= 4 is 32.8 Å². The van der Waals surface area contributed by atoms with Gasteiger partial charge in [-0.2, -0.15) is 4.31 Å². The van der Waals surface area contributed by atoms with E-state index >= 15 is 0 Å². The summed E-state index contributed by atoms with van der Waals surface area (Å²) >= 11 is 1.39. The third kappa shape index (κ3) is 4.56. The van der Waals surface area contributed by atoms with Gasteiger partial charge in [0, 0.05) is 19.7 Å². The maximum Gasteiger partial charge on any atom is 0.344 e. The first-order valence-electron chi connectivity index (χ1n) is 10.3. The maximum atomic E-state index is 12.8. The third-order valence-electron chi connectivity index (χ3n) is 5.32. The smallest absolute Gasteiger partial charge is 0.344 e. The van der Waals surface area contributed by atoms with Crippen LogP contribution in [-0.2, 0) is 27.1 Å². The van der Waals surface area contributed by atoms with Crippen molar-refractivity contribution in [3.63, 3.8) is 0 Å². The van der Waals surface area contributed by atoms with E-state index in [1.54, 1.807) is 22.8 Å². The lowest BCUT2D eigenvalue weighted by Crippen LogP contribution is -2.30. The van der Waals surface area contributed by atoms with E-state index in [2.05, 4.69) is 20.2 Å². The Bertz CT molecular complexity index is 1210. The number of aromatic nitrogens is 5. The van der Waals surface area contributed by atoms with E-state index in [0.717, 1.165) is 19.4 Å². The second-order valence-electron chi connectivity index (χ2n) is 7.30. The van der Waals surface area contributed by atoms with Gasteiger partial charge in [-0.15, -0.1) is 5.10 Å². The standard InChI is InChI=1S/C19H26N6O4S2/c1-3-24(4-2)31(27,28)14-7-8-15-16(10-14)21-17(20-15)12-30-19-23-22-18(26)25(19)11-13-6-5-9-29-13/h7-8,10,13H,3-6,9,11-12H2,1-2H3,(H,20,21)(H,22,26). The molecule has 0 bridgehead atoms. The highest BCUT2D eigenvalue weighted by atomic mass is 32.2. The summed E-state index contributed by atoms with van der Waals surface area (Å²) in [6, 6.07) is 4.91. The van der Waals surface area contributed by atoms with Crippen LogP contribution < -0.4 is 5.69 Å². The van der Waals surface area contributed by atoms with E-state index < -0.39 is 10.0 Å². The molecule has 1 unspecified atom stereocenters. The molecule has 1 fully saturated rings. The minimum absolute atomic E-state index is 0.0343. The normalized spacial score (nSPS) is 17.2. The van der Waals surface area contributed by atoms with Gasteiger partial charge < -0.3 is 9.72 Å². The maximum absolute atomic E-state index is 12.8. The van der Waals surface area contributed by atoms with Crippen molar-refractivity contribution < 1.29 is 13.2 Å². The summed E-state index contributed by atoms with van der Waals surface area (Å²) in [7, 11) is -3.54. The Morgan fingerprint density at radius 3 is 2.84 bits per heavy atom. The largest absolute Gasteiger partial charge is 0.376 e. The summed E-state index contributed by atoms with van der Waals surface area (Å²) in [5, 5.41) is 7.19. The summed E-state index contributed by atoms with van der Waals surface area (Å²) in [4.78, 5) is 20.1. The fourth-order valence-corrected chi connectivity index (χ4v) is 5.99. The first-order valence-corrected chi connectivity index (χ1v) is 12.7. The van der Waals surface area contributed by atoms with Crippen LogP contribution in [0.15, 0.2) is 33.0 Å². The van der Waals surface area contributed by atoms with Gasteiger partial charge in [-0.25, -0.2) is 23.3 Å². The van der Waals surface area contributed by atoms with Crippen LogP contribution >= 0.6 is 11.8 Å². The average Bonchev–Trinajstić information content (AvgIpc) is 3.48. The molecule has 0 saturated carbocycles. The van der Waals surface area contributed by atoms with E-state index in [4.69, 9.17) is 4.74 Å². The Labute approximate surface area is 184 Å². The minimum atomic E-state index is -3.54. The number of hydrogen-bond donors (Lipinski definition) is 2. The van der Waals surface area contributed by atoms with Crippen LogP contribution in [0.25, 0.3) is 11.0 Å². The number of fused-ring (bicyclic) bond motifs is 1. The number of ether oxygens (including phenoxy) is 1. The number of nitrogens with zero attached hydrogens (tertiary/aromatic N) is 4. The molecule has 3 aromatic rings. The van der Waals surface area contributed by atoms with Gasteiger partial charge in [0.25, 0.3) is 0 Å². The molecule has 3 heterocycles. The number of rotatable bonds is 9. The summed E-state index contributed by atoms with van der Waals surface area (Å²) < 4.78 is 34.2. The molecule has 0 spiro atoms. The van der Waals surface area contributed by atoms with Crippen molar-refractivity contribution in [2.75, 3.05) is 19.7 Å². The van der Waals surface area contributed by atoms with Crippen LogP contribution in [0, 0.1) is 0 Å². The van der Waals surface area contributed by atoms with Gasteiger partial charge in [-0.3, -0.25) is 4.57 Å². The first-order chi connectivity index (χ1) is 14.9. The fourth-order valence-electron chi connectivity index (χ4n) is 3.68. The molecule has 12 heteroatoms. The molecule has 0 aliphatic carbocycles. The van der Waals surface area contributed by atoms with E-state index in [0.29, 0.717) is 47.4 Å². The summed E-state index contributed by atoms with van der Waals surface area (Å²) in [6.45, 7) is 5.67. The molecular weight excluding hydrogens is 440 g/mol. The van der Waals surface area contributed by atoms with E-state index in [1.165, 1.54) is 16.1 Å². The van der Waals surface area contributed by atoms with Gasteiger partial charge in [0.1, 0.15) is 5.82 Å². The predicted molar refractivity (Wildman–Crippen MR) is 118 cm³/mol. The number of H-pyrrole nitrogens is 2. The van der Waals surface area contributed by atoms with Crippen LogP contribution in [0.3, 0.4) is 0 Å². The average molecular weight is 467 g/mol. The quantitative estimate of drug-likeness (QED) is 0.462. The van der Waals surface area contributed by atoms with Crippen LogP contribution in [-0.4, -0.2) is 63.3 Å². The molecule has 1 aliphatic heterocycles. The fraction of sp³-hybridized carbons (Fsp3) is 0.526. The molecule has 2 aromatic heterocycles. The topological polar surface area (TPSA) is 126 Å². The molecule has 10 nitrogen and oxygen atoms in total. The lowest BCUT2D eigenvalue weighted by atomic mass is 10.2. The van der Waals surface area contributed by atoms with Crippen molar-refractivity contribution in [1.82, 2.24) is 29.0 Å². The molecule has 31 heavy (non-hydrogen) atoms. The SMILES string of the molecule is CCN(CC)S(=O)(=O)c1ccc2nc(CSc3n[nH]c(=O)n3CC3CCCO3)[nH]c2c1. The Hall–Kier alpha value is -2.15. The zero-order chi connectivity index (χ0) is 22.0. The molecule has 1 atom stereocenters. The Balaban J connectivity index is 1.51. The van der Waals surface area contributed by atoms with E-state index in [9.17, 15) is 13.2 Å². The predicted octanol–water partition coefficient (Wildman–Crippen LogP) is 1.95. The number of aromatic amines is 2. The number of nitrogens with one attached hydrogen (secondary N) is 2. The number of thioether (sulfide) groups is 1. The van der Waals surface area contributed by atoms with Crippen LogP contribution in [0.2, 0.25) is 0 Å². The van der Waals surface area contributed by atoms with Crippen molar-refractivity contribution in [3.8, 4) is 0 Å². The van der Waals surface area contributed by atoms with E-state index in [1.807, 2.05) is 13.8 Å². The minimum Gasteiger partial charge on any atom is -0.376 e. The lowest BCUT2D eigenvalue weighted by Gasteiger charge is -2.18. The zero-order valence-electron chi connectivity index (χ0n) is 17.5. The summed E-state index contributed by atoms with van der Waals surface area (Å²) in [5.41, 5.74) is 1.09. The molecule has 0 amide bonds. The highest BCUT2D eigenvalue weighted by Gasteiger charge is 2.23. The highest BCUT2D eigenvalue weighted by molar-refractivity contribution is 7.98. The van der Waals surface area contributed by atoms with Crippen LogP contribution in [0.4, 0.5) is 0 Å². The molecule has 1 aromatic carbocycles. The second kappa shape index (κ2) is 9.15. The number of hydrogen-bond acceptors (Lipinski definition) is 7. The van der Waals surface area contributed by atoms with Gasteiger partial charge >= 0.3 is 5.69 Å². The lowest BCUT2D eigenvalue weighted by molar-refractivity contribution is 0.0941. The van der Waals surface area contributed by atoms with Gasteiger partial charge in [-0.1, -0.05) is 25.6 Å². The van der Waals surface area contributed by atoms with Gasteiger partial charge in [-0.05, 0) is 31.0 Å². The van der Waals surface area contributed by atoms with Gasteiger partial charge in [0.05, 0.1) is 34.3 Å². The molecule has 0 radical (unpaired) electrons. The number of benzene rings is 1. The monoisotopic (exact) mass is 466 g/mol. The van der Waals surface area contributed by atoms with Crippen LogP contribution in [0.5, 0.6) is 0 Å². The Kier molecular flexibility index (Phi) is 6.51. The Morgan fingerprint density at radius 2 is 2.13 bits per heavy atom. The molecule has 168 valence electrons. The number of sulfonamides is 1. The molecular formula is C19H26N6O4S2. The molecule has 2 N–H and O–H groups in total. The van der Waals surface area contributed by atoms with Gasteiger partial charge in [0.2, 0.25) is 10.0 Å². The van der Waals surface area contributed by atoms with Crippen molar-refractivity contribution in [2.45, 2.75) is 55.1 Å². The van der Waals surface area contributed by atoms with E-state index in [-0.39, 0.29) is 16.7 Å². The third-order valence-corrected chi connectivity index (χ3v) is 8.35.